The van der Waals surface area contributed by atoms with E-state index in [4.69, 9.17) is 26.1 Å². The third-order valence-corrected chi connectivity index (χ3v) is 6.81. The van der Waals surface area contributed by atoms with Gasteiger partial charge in [0, 0.05) is 30.7 Å². The van der Waals surface area contributed by atoms with Crippen molar-refractivity contribution in [2.24, 2.45) is 0 Å². The maximum atomic E-state index is 13.9. The normalized spacial score (nSPS) is 13.4. The summed E-state index contributed by atoms with van der Waals surface area (Å²) in [5, 5.41) is 1.12. The lowest BCUT2D eigenvalue weighted by Gasteiger charge is -2.40. The highest BCUT2D eigenvalue weighted by Crippen LogP contribution is 2.36. The molecule has 1 aromatic heterocycles. The van der Waals surface area contributed by atoms with Gasteiger partial charge in [-0.15, -0.1) is 0 Å². The molecule has 1 aliphatic rings. The Bertz CT molecular complexity index is 1130. The molecule has 0 N–H and O–H groups in total. The second-order valence-corrected chi connectivity index (χ2v) is 9.29. The molecular formula is C26H29ClN4O3S. The van der Waals surface area contributed by atoms with Gasteiger partial charge in [0.25, 0.3) is 0 Å². The zero-order chi connectivity index (χ0) is 24.6. The summed E-state index contributed by atoms with van der Waals surface area (Å²) >= 11 is 8.01. The first-order chi connectivity index (χ1) is 17.1. The third-order valence-electron chi connectivity index (χ3n) is 5.56. The Morgan fingerprint density at radius 1 is 1.03 bits per heavy atom. The molecule has 7 nitrogen and oxygen atoms in total. The quantitative estimate of drug-likeness (QED) is 0.238. The second-order valence-electron chi connectivity index (χ2n) is 7.94. The van der Waals surface area contributed by atoms with Gasteiger partial charge >= 0.3 is 6.03 Å². The Morgan fingerprint density at radius 3 is 2.40 bits per heavy atom. The number of halogens is 1. The van der Waals surface area contributed by atoms with Crippen LogP contribution in [0.25, 0.3) is 0 Å². The summed E-state index contributed by atoms with van der Waals surface area (Å²) < 4.78 is 11.5. The number of hydrogen-bond acceptors (Lipinski definition) is 6. The highest BCUT2D eigenvalue weighted by atomic mass is 35.5. The monoisotopic (exact) mass is 512 g/mol. The number of benzene rings is 2. The lowest BCUT2D eigenvalue weighted by atomic mass is 10.1. The summed E-state index contributed by atoms with van der Waals surface area (Å²) in [6, 6.07) is 16.9. The van der Waals surface area contributed by atoms with Crippen LogP contribution in [0, 0.1) is 0 Å². The Morgan fingerprint density at radius 2 is 1.71 bits per heavy atom. The van der Waals surface area contributed by atoms with Crippen LogP contribution >= 0.6 is 23.4 Å². The van der Waals surface area contributed by atoms with Crippen molar-refractivity contribution in [3.8, 4) is 0 Å². The molecule has 2 amide bonds. The van der Waals surface area contributed by atoms with Crippen LogP contribution in [-0.2, 0) is 21.8 Å². The molecule has 184 valence electrons. The molecule has 0 atom stereocenters. The standard InChI is InChI=1S/C26H29ClN4O3S/c1-3-33-16-21(17-34-4-2)31-24-20(15-30(26(31)32)23-13-9-8-12-22(23)27)14-28-25(29-24)35-18-19-10-6-5-7-11-19/h5-14,21H,3-4,15-18H2,1-2H3. The van der Waals surface area contributed by atoms with Crippen LogP contribution in [0.3, 0.4) is 0 Å². The molecule has 2 heterocycles. The molecule has 35 heavy (non-hydrogen) atoms. The molecule has 1 aliphatic heterocycles. The van der Waals surface area contributed by atoms with Gasteiger partial charge in [-0.3, -0.25) is 9.80 Å². The molecule has 0 bridgehead atoms. The molecule has 2 aromatic carbocycles. The highest BCUT2D eigenvalue weighted by molar-refractivity contribution is 7.98. The number of urea groups is 1. The number of aromatic nitrogens is 2. The van der Waals surface area contributed by atoms with E-state index in [1.807, 2.05) is 50.2 Å². The maximum absolute atomic E-state index is 13.9. The van der Waals surface area contributed by atoms with Crippen LogP contribution in [0.4, 0.5) is 16.3 Å². The van der Waals surface area contributed by atoms with Gasteiger partial charge in [0.15, 0.2) is 5.16 Å². The van der Waals surface area contributed by atoms with E-state index in [2.05, 4.69) is 17.1 Å². The SMILES string of the molecule is CCOCC(COCC)N1C(=O)N(c2ccccc2Cl)Cc2cnc(SCc3ccccc3)nc21. The average Bonchev–Trinajstić information content (AvgIpc) is 2.89. The number of fused-ring (bicyclic) bond motifs is 1. The van der Waals surface area contributed by atoms with Crippen molar-refractivity contribution in [3.63, 3.8) is 0 Å². The van der Waals surface area contributed by atoms with E-state index in [0.29, 0.717) is 54.7 Å². The summed E-state index contributed by atoms with van der Waals surface area (Å²) in [5.41, 5.74) is 2.66. The Kier molecular flexibility index (Phi) is 8.98. The number of rotatable bonds is 11. The van der Waals surface area contributed by atoms with Crippen LogP contribution in [0.2, 0.25) is 5.02 Å². The Balaban J connectivity index is 1.70. The molecule has 0 saturated heterocycles. The molecule has 0 aliphatic carbocycles. The zero-order valence-corrected chi connectivity index (χ0v) is 21.5. The molecule has 0 unspecified atom stereocenters. The second kappa shape index (κ2) is 12.4. The van der Waals surface area contributed by atoms with Crippen LogP contribution in [0.5, 0.6) is 0 Å². The first-order valence-electron chi connectivity index (χ1n) is 11.7. The van der Waals surface area contributed by atoms with Crippen molar-refractivity contribution >= 4 is 40.9 Å². The lowest BCUT2D eigenvalue weighted by Crippen LogP contribution is -2.55. The topological polar surface area (TPSA) is 67.8 Å². The van der Waals surface area contributed by atoms with Crippen LogP contribution < -0.4 is 9.80 Å². The first-order valence-corrected chi connectivity index (χ1v) is 13.0. The summed E-state index contributed by atoms with van der Waals surface area (Å²) in [6.45, 7) is 5.92. The lowest BCUT2D eigenvalue weighted by molar-refractivity contribution is 0.0758. The van der Waals surface area contributed by atoms with Gasteiger partial charge in [-0.1, -0.05) is 65.8 Å². The first kappa shape index (κ1) is 25.4. The van der Waals surface area contributed by atoms with E-state index >= 15 is 0 Å². The van der Waals surface area contributed by atoms with E-state index in [0.717, 1.165) is 11.3 Å². The van der Waals surface area contributed by atoms with Crippen molar-refractivity contribution in [3.05, 3.63) is 76.9 Å². The van der Waals surface area contributed by atoms with E-state index in [9.17, 15) is 4.79 Å². The zero-order valence-electron chi connectivity index (χ0n) is 19.9. The number of amides is 2. The smallest absolute Gasteiger partial charge is 0.330 e. The minimum atomic E-state index is -0.353. The van der Waals surface area contributed by atoms with Gasteiger partial charge < -0.3 is 9.47 Å². The molecular weight excluding hydrogens is 484 g/mol. The number of thioether (sulfide) groups is 1. The molecule has 0 fully saturated rings. The van der Waals surface area contributed by atoms with E-state index in [1.165, 1.54) is 17.3 Å². The predicted octanol–water partition coefficient (Wildman–Crippen LogP) is 5.81. The number of ether oxygens (including phenoxy) is 2. The summed E-state index contributed by atoms with van der Waals surface area (Å²) in [5.74, 6) is 1.33. The average molecular weight is 513 g/mol. The minimum Gasteiger partial charge on any atom is -0.379 e. The van der Waals surface area contributed by atoms with Gasteiger partial charge in [-0.05, 0) is 31.5 Å². The van der Waals surface area contributed by atoms with Crippen molar-refractivity contribution in [1.82, 2.24) is 9.97 Å². The van der Waals surface area contributed by atoms with Gasteiger partial charge in [0.1, 0.15) is 5.82 Å². The van der Waals surface area contributed by atoms with Crippen LogP contribution in [0.1, 0.15) is 25.0 Å². The molecule has 9 heteroatoms. The number of carbonyl (C=O) groups excluding carboxylic acids is 1. The molecule has 4 rings (SSSR count). The fourth-order valence-electron chi connectivity index (χ4n) is 3.85. The van der Waals surface area contributed by atoms with E-state index < -0.39 is 0 Å². The van der Waals surface area contributed by atoms with Crippen molar-refractivity contribution in [2.45, 2.75) is 37.3 Å². The molecule has 0 spiro atoms. The number of carbonyl (C=O) groups is 1. The van der Waals surface area contributed by atoms with Gasteiger partial charge in [-0.2, -0.15) is 0 Å². The Labute approximate surface area is 215 Å². The number of hydrogen-bond donors (Lipinski definition) is 0. The number of nitrogens with zero attached hydrogens (tertiary/aromatic N) is 4. The van der Waals surface area contributed by atoms with Crippen LogP contribution in [-0.4, -0.2) is 48.5 Å². The maximum Gasteiger partial charge on any atom is 0.330 e. The Hall–Kier alpha value is -2.65. The van der Waals surface area contributed by atoms with E-state index in [1.54, 1.807) is 22.1 Å². The summed E-state index contributed by atoms with van der Waals surface area (Å²) in [7, 11) is 0. The van der Waals surface area contributed by atoms with Crippen molar-refractivity contribution in [1.29, 1.82) is 0 Å². The molecule has 3 aromatic rings. The van der Waals surface area contributed by atoms with Crippen molar-refractivity contribution in [2.75, 3.05) is 36.2 Å². The van der Waals surface area contributed by atoms with Crippen molar-refractivity contribution < 1.29 is 14.3 Å². The summed E-state index contributed by atoms with van der Waals surface area (Å²) in [4.78, 5) is 26.7. The molecule has 0 radical (unpaired) electrons. The van der Waals surface area contributed by atoms with Crippen LogP contribution in [0.15, 0.2) is 66.0 Å². The number of anilines is 2. The fourth-order valence-corrected chi connectivity index (χ4v) is 4.85. The van der Waals surface area contributed by atoms with Gasteiger partial charge in [0.2, 0.25) is 0 Å². The summed E-state index contributed by atoms with van der Waals surface area (Å²) in [6.07, 6.45) is 1.80. The number of para-hydroxylation sites is 1. The van der Waals surface area contributed by atoms with E-state index in [-0.39, 0.29) is 12.1 Å². The predicted molar refractivity (Wildman–Crippen MR) is 140 cm³/mol. The van der Waals surface area contributed by atoms with Gasteiger partial charge in [-0.25, -0.2) is 14.8 Å². The largest absolute Gasteiger partial charge is 0.379 e. The fraction of sp³-hybridized carbons (Fsp3) is 0.346. The highest BCUT2D eigenvalue weighted by Gasteiger charge is 2.38. The molecule has 0 saturated carbocycles. The van der Waals surface area contributed by atoms with Gasteiger partial charge in [0.05, 0.1) is 36.5 Å². The third kappa shape index (κ3) is 6.13. The minimum absolute atomic E-state index is 0.215.